The number of nitrogens with one attached hydrogen (secondary N) is 1. The van der Waals surface area contributed by atoms with Crippen LogP contribution in [0.3, 0.4) is 0 Å². The Labute approximate surface area is 144 Å². The van der Waals surface area contributed by atoms with Gasteiger partial charge in [-0.25, -0.2) is 8.42 Å². The van der Waals surface area contributed by atoms with E-state index in [9.17, 15) is 13.2 Å². The summed E-state index contributed by atoms with van der Waals surface area (Å²) in [6, 6.07) is 6.28. The molecule has 0 radical (unpaired) electrons. The molecule has 2 aromatic rings. The number of halogens is 1. The Hall–Kier alpha value is -1.48. The minimum absolute atomic E-state index is 0.111. The molecule has 9 heteroatoms. The molecule has 1 atom stereocenters. The fraction of sp³-hybridized carbons (Fsp3) is 0.286. The Morgan fingerprint density at radius 3 is 2.57 bits per heavy atom. The summed E-state index contributed by atoms with van der Waals surface area (Å²) in [7, 11) is -2.36. The van der Waals surface area contributed by atoms with Crippen LogP contribution in [-0.4, -0.2) is 37.2 Å². The molecule has 1 N–H and O–H groups in total. The van der Waals surface area contributed by atoms with Crippen molar-refractivity contribution in [3.05, 3.63) is 46.6 Å². The summed E-state index contributed by atoms with van der Waals surface area (Å²) in [5.74, 6) is -0.386. The second kappa shape index (κ2) is 7.39. The standard InChI is InChI=1S/C14H16ClN3O3S2/c1-10(11-5-7-16-8-6-11)17-13(19)9-18(2)23(20,21)14-4-3-12(15)22-14/h3-8,10H,9H2,1-2H3,(H,17,19). The van der Waals surface area contributed by atoms with E-state index in [1.807, 2.05) is 6.92 Å². The smallest absolute Gasteiger partial charge is 0.252 e. The van der Waals surface area contributed by atoms with Gasteiger partial charge in [-0.2, -0.15) is 4.31 Å². The molecule has 0 bridgehead atoms. The van der Waals surface area contributed by atoms with Gasteiger partial charge in [0, 0.05) is 19.4 Å². The largest absolute Gasteiger partial charge is 0.348 e. The highest BCUT2D eigenvalue weighted by atomic mass is 35.5. The first-order chi connectivity index (χ1) is 10.8. The Morgan fingerprint density at radius 2 is 2.00 bits per heavy atom. The molecule has 1 unspecified atom stereocenters. The summed E-state index contributed by atoms with van der Waals surface area (Å²) < 4.78 is 26.1. The SMILES string of the molecule is CC(NC(=O)CN(C)S(=O)(=O)c1ccc(Cl)s1)c1ccncc1. The number of pyridine rings is 1. The summed E-state index contributed by atoms with van der Waals surface area (Å²) in [4.78, 5) is 16.0. The number of nitrogens with zero attached hydrogens (tertiary/aromatic N) is 2. The molecule has 0 spiro atoms. The van der Waals surface area contributed by atoms with E-state index in [2.05, 4.69) is 10.3 Å². The van der Waals surface area contributed by atoms with Crippen molar-refractivity contribution in [2.24, 2.45) is 0 Å². The van der Waals surface area contributed by atoms with Crippen LogP contribution in [0.2, 0.25) is 4.34 Å². The number of aromatic nitrogens is 1. The first-order valence-corrected chi connectivity index (χ1v) is 9.35. The van der Waals surface area contributed by atoms with Crippen LogP contribution in [0, 0.1) is 0 Å². The third kappa shape index (κ3) is 4.51. The summed E-state index contributed by atoms with van der Waals surface area (Å²) in [5.41, 5.74) is 0.892. The molecule has 2 rings (SSSR count). The van der Waals surface area contributed by atoms with Gasteiger partial charge in [-0.15, -0.1) is 11.3 Å². The first kappa shape index (κ1) is 17.9. The van der Waals surface area contributed by atoms with Gasteiger partial charge in [-0.05, 0) is 36.8 Å². The first-order valence-electron chi connectivity index (χ1n) is 6.71. The van der Waals surface area contributed by atoms with Crippen LogP contribution in [-0.2, 0) is 14.8 Å². The van der Waals surface area contributed by atoms with Crippen molar-refractivity contribution in [2.45, 2.75) is 17.2 Å². The Balaban J connectivity index is 1.99. The number of amides is 1. The lowest BCUT2D eigenvalue weighted by atomic mass is 10.1. The lowest BCUT2D eigenvalue weighted by Gasteiger charge is -2.18. The predicted octanol–water partition coefficient (Wildman–Crippen LogP) is 2.29. The zero-order valence-electron chi connectivity index (χ0n) is 12.6. The van der Waals surface area contributed by atoms with Gasteiger partial charge in [0.1, 0.15) is 4.21 Å². The van der Waals surface area contributed by atoms with Crippen molar-refractivity contribution in [2.75, 3.05) is 13.6 Å². The van der Waals surface area contributed by atoms with Crippen LogP contribution in [0.15, 0.2) is 40.9 Å². The monoisotopic (exact) mass is 373 g/mol. The summed E-state index contributed by atoms with van der Waals surface area (Å²) in [5, 5.41) is 2.76. The van der Waals surface area contributed by atoms with Crippen molar-refractivity contribution in [1.82, 2.24) is 14.6 Å². The number of carbonyl (C=O) groups is 1. The molecule has 124 valence electrons. The van der Waals surface area contributed by atoms with Gasteiger partial charge in [0.25, 0.3) is 10.0 Å². The molecule has 0 fully saturated rings. The number of hydrogen-bond donors (Lipinski definition) is 1. The van der Waals surface area contributed by atoms with Gasteiger partial charge >= 0.3 is 0 Å². The number of carbonyl (C=O) groups excluding carboxylic acids is 1. The van der Waals surface area contributed by atoms with Gasteiger partial charge in [0.15, 0.2) is 0 Å². The molecule has 0 saturated heterocycles. The Kier molecular flexibility index (Phi) is 5.74. The third-order valence-corrected chi connectivity index (χ3v) is 6.66. The molecule has 2 heterocycles. The molecule has 23 heavy (non-hydrogen) atoms. The molecule has 0 aromatic carbocycles. The zero-order valence-corrected chi connectivity index (χ0v) is 15.0. The quantitative estimate of drug-likeness (QED) is 0.842. The normalized spacial score (nSPS) is 13.0. The average molecular weight is 374 g/mol. The maximum absolute atomic E-state index is 12.3. The fourth-order valence-electron chi connectivity index (χ4n) is 1.90. The van der Waals surface area contributed by atoms with Crippen molar-refractivity contribution in [3.63, 3.8) is 0 Å². The topological polar surface area (TPSA) is 79.4 Å². The highest BCUT2D eigenvalue weighted by Crippen LogP contribution is 2.27. The van der Waals surface area contributed by atoms with E-state index >= 15 is 0 Å². The van der Waals surface area contributed by atoms with Gasteiger partial charge in [0.05, 0.1) is 16.9 Å². The second-order valence-electron chi connectivity index (χ2n) is 4.89. The van der Waals surface area contributed by atoms with Crippen LogP contribution in [0.5, 0.6) is 0 Å². The van der Waals surface area contributed by atoms with Gasteiger partial charge < -0.3 is 5.32 Å². The second-order valence-corrected chi connectivity index (χ2v) is 8.88. The van der Waals surface area contributed by atoms with Crippen molar-refractivity contribution >= 4 is 38.9 Å². The molecule has 0 aliphatic rings. The summed E-state index contributed by atoms with van der Waals surface area (Å²) in [6.07, 6.45) is 3.27. The van der Waals surface area contributed by atoms with E-state index in [0.717, 1.165) is 21.2 Å². The third-order valence-electron chi connectivity index (χ3n) is 3.16. The molecule has 0 saturated carbocycles. The molecule has 0 aliphatic heterocycles. The lowest BCUT2D eigenvalue weighted by molar-refractivity contribution is -0.121. The van der Waals surface area contributed by atoms with E-state index < -0.39 is 10.0 Å². The van der Waals surface area contributed by atoms with Crippen LogP contribution in [0.25, 0.3) is 0 Å². The molecule has 2 aromatic heterocycles. The summed E-state index contributed by atoms with van der Waals surface area (Å²) >= 11 is 6.72. The predicted molar refractivity (Wildman–Crippen MR) is 89.9 cm³/mol. The van der Waals surface area contributed by atoms with Crippen molar-refractivity contribution in [3.8, 4) is 0 Å². The zero-order chi connectivity index (χ0) is 17.0. The number of sulfonamides is 1. The average Bonchev–Trinajstić information content (AvgIpc) is 2.95. The van der Waals surface area contributed by atoms with E-state index in [-0.39, 0.29) is 22.7 Å². The van der Waals surface area contributed by atoms with Crippen LogP contribution < -0.4 is 5.32 Å². The van der Waals surface area contributed by atoms with Crippen molar-refractivity contribution < 1.29 is 13.2 Å². The number of rotatable bonds is 6. The van der Waals surface area contributed by atoms with Crippen LogP contribution in [0.1, 0.15) is 18.5 Å². The highest BCUT2D eigenvalue weighted by Gasteiger charge is 2.25. The summed E-state index contributed by atoms with van der Waals surface area (Å²) in [6.45, 7) is 1.55. The van der Waals surface area contributed by atoms with Gasteiger partial charge in [-0.1, -0.05) is 11.6 Å². The minimum atomic E-state index is -3.72. The van der Waals surface area contributed by atoms with E-state index in [1.54, 1.807) is 24.5 Å². The molecular weight excluding hydrogens is 358 g/mol. The van der Waals surface area contributed by atoms with Crippen molar-refractivity contribution in [1.29, 1.82) is 0 Å². The van der Waals surface area contributed by atoms with Crippen LogP contribution in [0.4, 0.5) is 0 Å². The molecule has 1 amide bonds. The maximum atomic E-state index is 12.3. The Morgan fingerprint density at radius 1 is 1.35 bits per heavy atom. The number of likely N-dealkylation sites (N-methyl/N-ethyl adjacent to an activating group) is 1. The van der Waals surface area contributed by atoms with Gasteiger partial charge in [-0.3, -0.25) is 9.78 Å². The number of thiophene rings is 1. The minimum Gasteiger partial charge on any atom is -0.348 e. The van der Waals surface area contributed by atoms with Crippen LogP contribution >= 0.6 is 22.9 Å². The molecule has 6 nitrogen and oxygen atoms in total. The van der Waals surface area contributed by atoms with Gasteiger partial charge in [0.2, 0.25) is 5.91 Å². The maximum Gasteiger partial charge on any atom is 0.252 e. The molecular formula is C14H16ClN3O3S2. The highest BCUT2D eigenvalue weighted by molar-refractivity contribution is 7.91. The van der Waals surface area contributed by atoms with E-state index in [0.29, 0.717) is 4.34 Å². The number of hydrogen-bond acceptors (Lipinski definition) is 5. The fourth-order valence-corrected chi connectivity index (χ4v) is 4.72. The van der Waals surface area contributed by atoms with E-state index in [1.165, 1.54) is 19.2 Å². The van der Waals surface area contributed by atoms with E-state index in [4.69, 9.17) is 11.6 Å². The Bertz CT molecular complexity index is 778. The molecule has 0 aliphatic carbocycles. The lowest BCUT2D eigenvalue weighted by Crippen LogP contribution is -2.39.